The van der Waals surface area contributed by atoms with E-state index in [2.05, 4.69) is 4.98 Å². The zero-order valence-corrected chi connectivity index (χ0v) is 8.96. The summed E-state index contributed by atoms with van der Waals surface area (Å²) in [6.45, 7) is 0. The summed E-state index contributed by atoms with van der Waals surface area (Å²) in [4.78, 5) is 4.22. The van der Waals surface area contributed by atoms with Crippen molar-refractivity contribution in [2.24, 2.45) is 0 Å². The van der Waals surface area contributed by atoms with Crippen molar-refractivity contribution in [2.75, 3.05) is 5.75 Å². The van der Waals surface area contributed by atoms with Crippen LogP contribution in [0.25, 0.3) is 0 Å². The molecule has 0 aromatic carbocycles. The van der Waals surface area contributed by atoms with Gasteiger partial charge in [-0.2, -0.15) is 0 Å². The number of hydrogen-bond donors (Lipinski definition) is 1. The molecule has 3 heteroatoms. The van der Waals surface area contributed by atoms with E-state index in [-0.39, 0.29) is 0 Å². The predicted molar refractivity (Wildman–Crippen MR) is 58.4 cm³/mol. The van der Waals surface area contributed by atoms with Crippen LogP contribution >= 0.6 is 11.8 Å². The minimum Gasteiger partial charge on any atom is -0.389 e. The van der Waals surface area contributed by atoms with Crippen LogP contribution in [0.5, 0.6) is 0 Å². The molecule has 0 atom stereocenters. The van der Waals surface area contributed by atoms with Crippen molar-refractivity contribution in [2.45, 2.75) is 36.3 Å². The average molecular weight is 209 g/mol. The fourth-order valence-corrected chi connectivity index (χ4v) is 2.83. The van der Waals surface area contributed by atoms with Gasteiger partial charge in [0.15, 0.2) is 0 Å². The first-order valence-corrected chi connectivity index (χ1v) is 6.03. The van der Waals surface area contributed by atoms with E-state index in [4.69, 9.17) is 0 Å². The van der Waals surface area contributed by atoms with Crippen LogP contribution in [-0.4, -0.2) is 21.4 Å². The van der Waals surface area contributed by atoms with Crippen molar-refractivity contribution in [3.05, 3.63) is 24.4 Å². The summed E-state index contributed by atoms with van der Waals surface area (Å²) in [5.41, 5.74) is -0.428. The van der Waals surface area contributed by atoms with Gasteiger partial charge in [-0.25, -0.2) is 4.98 Å². The summed E-state index contributed by atoms with van der Waals surface area (Å²) in [5.74, 6) is 0.782. The van der Waals surface area contributed by atoms with Crippen LogP contribution in [0.1, 0.15) is 25.7 Å². The average Bonchev–Trinajstić information content (AvgIpc) is 2.65. The topological polar surface area (TPSA) is 33.1 Å². The van der Waals surface area contributed by atoms with Gasteiger partial charge in [0, 0.05) is 11.9 Å². The van der Waals surface area contributed by atoms with Gasteiger partial charge in [0.25, 0.3) is 0 Å². The molecular weight excluding hydrogens is 194 g/mol. The molecule has 1 aliphatic carbocycles. The molecule has 14 heavy (non-hydrogen) atoms. The number of aliphatic hydroxyl groups is 1. The van der Waals surface area contributed by atoms with Gasteiger partial charge in [-0.15, -0.1) is 11.8 Å². The molecule has 0 spiro atoms. The van der Waals surface area contributed by atoms with E-state index in [0.717, 1.165) is 23.6 Å². The number of rotatable bonds is 3. The molecule has 1 heterocycles. The Morgan fingerprint density at radius 1 is 1.36 bits per heavy atom. The predicted octanol–water partition coefficient (Wildman–Crippen LogP) is 2.48. The molecule has 1 aromatic rings. The van der Waals surface area contributed by atoms with Crippen molar-refractivity contribution in [1.82, 2.24) is 4.98 Å². The van der Waals surface area contributed by atoms with E-state index in [0.29, 0.717) is 0 Å². The van der Waals surface area contributed by atoms with Crippen LogP contribution in [0.4, 0.5) is 0 Å². The van der Waals surface area contributed by atoms with E-state index >= 15 is 0 Å². The second-order valence-electron chi connectivity index (χ2n) is 3.89. The molecule has 0 aliphatic heterocycles. The molecule has 0 saturated heterocycles. The zero-order valence-electron chi connectivity index (χ0n) is 8.15. The molecule has 1 aromatic heterocycles. The Hall–Kier alpha value is -0.540. The standard InChI is InChI=1S/C11H15NOS/c13-11(6-2-3-7-11)9-14-10-5-1-4-8-12-10/h1,4-5,8,13H,2-3,6-7,9H2. The van der Waals surface area contributed by atoms with Crippen LogP contribution in [0, 0.1) is 0 Å². The van der Waals surface area contributed by atoms with Crippen molar-refractivity contribution < 1.29 is 5.11 Å². The monoisotopic (exact) mass is 209 g/mol. The minimum absolute atomic E-state index is 0.428. The molecule has 2 rings (SSSR count). The maximum atomic E-state index is 10.1. The molecule has 1 aliphatic rings. The highest BCUT2D eigenvalue weighted by Crippen LogP contribution is 2.33. The molecule has 0 radical (unpaired) electrons. The Morgan fingerprint density at radius 2 is 2.14 bits per heavy atom. The first-order chi connectivity index (χ1) is 6.79. The molecule has 0 amide bonds. The zero-order chi connectivity index (χ0) is 9.86. The lowest BCUT2D eigenvalue weighted by atomic mass is 10.1. The number of nitrogens with zero attached hydrogens (tertiary/aromatic N) is 1. The minimum atomic E-state index is -0.428. The number of pyridine rings is 1. The van der Waals surface area contributed by atoms with Gasteiger partial charge in [0.05, 0.1) is 10.6 Å². The van der Waals surface area contributed by atoms with Crippen LogP contribution < -0.4 is 0 Å². The lowest BCUT2D eigenvalue weighted by Gasteiger charge is -2.20. The third kappa shape index (κ3) is 2.49. The Morgan fingerprint density at radius 3 is 2.79 bits per heavy atom. The van der Waals surface area contributed by atoms with E-state index in [1.165, 1.54) is 12.8 Å². The summed E-state index contributed by atoms with van der Waals surface area (Å²) in [6, 6.07) is 5.88. The van der Waals surface area contributed by atoms with Crippen molar-refractivity contribution in [1.29, 1.82) is 0 Å². The number of aromatic nitrogens is 1. The summed E-state index contributed by atoms with van der Waals surface area (Å²) >= 11 is 1.66. The Bertz CT molecular complexity index is 283. The van der Waals surface area contributed by atoms with Crippen LogP contribution in [0.3, 0.4) is 0 Å². The van der Waals surface area contributed by atoms with Gasteiger partial charge in [0.1, 0.15) is 0 Å². The molecule has 2 nitrogen and oxygen atoms in total. The summed E-state index contributed by atoms with van der Waals surface area (Å²) in [6.07, 6.45) is 6.03. The summed E-state index contributed by atoms with van der Waals surface area (Å²) in [7, 11) is 0. The largest absolute Gasteiger partial charge is 0.389 e. The van der Waals surface area contributed by atoms with Gasteiger partial charge in [-0.05, 0) is 25.0 Å². The van der Waals surface area contributed by atoms with Gasteiger partial charge < -0.3 is 5.11 Å². The highest BCUT2D eigenvalue weighted by molar-refractivity contribution is 7.99. The maximum Gasteiger partial charge on any atom is 0.0960 e. The van der Waals surface area contributed by atoms with Crippen molar-refractivity contribution in [3.8, 4) is 0 Å². The maximum absolute atomic E-state index is 10.1. The fraction of sp³-hybridized carbons (Fsp3) is 0.545. The fourth-order valence-electron chi connectivity index (χ4n) is 1.82. The quantitative estimate of drug-likeness (QED) is 0.776. The van der Waals surface area contributed by atoms with E-state index in [1.807, 2.05) is 18.2 Å². The van der Waals surface area contributed by atoms with Crippen LogP contribution in [0.2, 0.25) is 0 Å². The highest BCUT2D eigenvalue weighted by atomic mass is 32.2. The van der Waals surface area contributed by atoms with Gasteiger partial charge in [0.2, 0.25) is 0 Å². The molecule has 1 saturated carbocycles. The molecule has 1 N–H and O–H groups in total. The van der Waals surface area contributed by atoms with Gasteiger partial charge >= 0.3 is 0 Å². The molecule has 0 unspecified atom stereocenters. The van der Waals surface area contributed by atoms with Gasteiger partial charge in [-0.3, -0.25) is 0 Å². The highest BCUT2D eigenvalue weighted by Gasteiger charge is 2.30. The van der Waals surface area contributed by atoms with E-state index in [1.54, 1.807) is 18.0 Å². The summed E-state index contributed by atoms with van der Waals surface area (Å²) < 4.78 is 0. The third-order valence-electron chi connectivity index (χ3n) is 2.66. The number of hydrogen-bond acceptors (Lipinski definition) is 3. The Balaban J connectivity index is 1.88. The molecular formula is C11H15NOS. The first kappa shape index (κ1) is 9.99. The molecule has 0 bridgehead atoms. The lowest BCUT2D eigenvalue weighted by molar-refractivity contribution is 0.0732. The second-order valence-corrected chi connectivity index (χ2v) is 4.88. The molecule has 76 valence electrons. The van der Waals surface area contributed by atoms with Crippen LogP contribution in [-0.2, 0) is 0 Å². The third-order valence-corrected chi connectivity index (χ3v) is 3.88. The van der Waals surface area contributed by atoms with Gasteiger partial charge in [-0.1, -0.05) is 18.9 Å². The second kappa shape index (κ2) is 4.32. The van der Waals surface area contributed by atoms with Crippen molar-refractivity contribution >= 4 is 11.8 Å². The van der Waals surface area contributed by atoms with E-state index < -0.39 is 5.60 Å². The van der Waals surface area contributed by atoms with Crippen LogP contribution in [0.15, 0.2) is 29.4 Å². The summed E-state index contributed by atoms with van der Waals surface area (Å²) in [5, 5.41) is 11.1. The lowest BCUT2D eigenvalue weighted by Crippen LogP contribution is -2.27. The Kier molecular flexibility index (Phi) is 3.08. The normalized spacial score (nSPS) is 19.8. The molecule has 1 fully saturated rings. The van der Waals surface area contributed by atoms with E-state index in [9.17, 15) is 5.11 Å². The Labute approximate surface area is 88.8 Å². The number of thioether (sulfide) groups is 1. The smallest absolute Gasteiger partial charge is 0.0960 e. The SMILES string of the molecule is OC1(CSc2ccccn2)CCCC1. The van der Waals surface area contributed by atoms with Crippen molar-refractivity contribution in [3.63, 3.8) is 0 Å². The first-order valence-electron chi connectivity index (χ1n) is 5.05.